The number of nitrogens with zero attached hydrogens (tertiary/aromatic N) is 2. The second kappa shape index (κ2) is 8.82. The average molecular weight is 404 g/mol. The summed E-state index contributed by atoms with van der Waals surface area (Å²) in [5, 5.41) is 2.81. The molecule has 0 spiro atoms. The third kappa shape index (κ3) is 5.56. The lowest BCUT2D eigenvalue weighted by molar-refractivity contribution is 0.0538. The lowest BCUT2D eigenvalue weighted by Gasteiger charge is -2.41. The summed E-state index contributed by atoms with van der Waals surface area (Å²) in [7, 11) is 0. The van der Waals surface area contributed by atoms with Gasteiger partial charge in [0.05, 0.1) is 5.56 Å². The Hall–Kier alpha value is -1.95. The minimum atomic E-state index is -0.636. The Morgan fingerprint density at radius 1 is 1.10 bits per heavy atom. The van der Waals surface area contributed by atoms with Crippen LogP contribution in [0.15, 0.2) is 18.2 Å². The van der Waals surface area contributed by atoms with E-state index in [4.69, 9.17) is 0 Å². The van der Waals surface area contributed by atoms with E-state index < -0.39 is 11.4 Å². The summed E-state index contributed by atoms with van der Waals surface area (Å²) in [6, 6.07) is 4.65. The van der Waals surface area contributed by atoms with Gasteiger partial charge in [0.1, 0.15) is 5.82 Å². The fourth-order valence-electron chi connectivity index (χ4n) is 4.40. The number of piperidine rings is 2. The molecule has 2 fully saturated rings. The van der Waals surface area contributed by atoms with Gasteiger partial charge < -0.3 is 10.2 Å². The van der Waals surface area contributed by atoms with Crippen molar-refractivity contribution in [2.75, 3.05) is 26.2 Å². The molecule has 0 aliphatic carbocycles. The van der Waals surface area contributed by atoms with Gasteiger partial charge >= 0.3 is 0 Å². The quantitative estimate of drug-likeness (QED) is 0.837. The molecule has 2 saturated heterocycles. The molecule has 0 saturated carbocycles. The van der Waals surface area contributed by atoms with Crippen molar-refractivity contribution in [3.05, 3.63) is 35.1 Å². The molecule has 2 aliphatic rings. The molecule has 160 valence electrons. The molecule has 1 aromatic carbocycles. The van der Waals surface area contributed by atoms with Gasteiger partial charge in [0, 0.05) is 36.8 Å². The van der Waals surface area contributed by atoms with Gasteiger partial charge in [-0.15, -0.1) is 0 Å². The zero-order chi connectivity index (χ0) is 21.2. The van der Waals surface area contributed by atoms with Crippen LogP contribution < -0.4 is 5.32 Å². The van der Waals surface area contributed by atoms with Gasteiger partial charge in [0.25, 0.3) is 11.8 Å². The number of likely N-dealkylation sites (tertiary alicyclic amines) is 2. The molecule has 2 aliphatic heterocycles. The number of rotatable bonds is 3. The Kier molecular flexibility index (Phi) is 6.62. The van der Waals surface area contributed by atoms with Crippen LogP contribution in [0.5, 0.6) is 0 Å². The maximum Gasteiger partial charge on any atom is 0.256 e. The van der Waals surface area contributed by atoms with Crippen LogP contribution in [0.2, 0.25) is 0 Å². The van der Waals surface area contributed by atoms with Crippen molar-refractivity contribution in [1.82, 2.24) is 15.1 Å². The van der Waals surface area contributed by atoms with Gasteiger partial charge in [-0.25, -0.2) is 4.39 Å². The van der Waals surface area contributed by atoms with Crippen LogP contribution in [0.1, 0.15) is 74.1 Å². The summed E-state index contributed by atoms with van der Waals surface area (Å²) >= 11 is 0. The summed E-state index contributed by atoms with van der Waals surface area (Å²) < 4.78 is 14.6. The van der Waals surface area contributed by atoms with E-state index in [1.807, 2.05) is 20.8 Å². The van der Waals surface area contributed by atoms with Crippen molar-refractivity contribution in [1.29, 1.82) is 0 Å². The van der Waals surface area contributed by atoms with Gasteiger partial charge in [-0.1, -0.05) is 6.92 Å². The standard InChI is InChI=1S/C23H34FN3O2/c1-16-6-5-11-27(15-16)18-9-12-26(13-10-18)22(29)19-8-7-17(14-20(19)24)21(28)25-23(2,3)4/h7-8,14,16,18H,5-6,9-13,15H2,1-4H3,(H,25,28). The highest BCUT2D eigenvalue weighted by Gasteiger charge is 2.30. The molecular weight excluding hydrogens is 369 g/mol. The number of benzene rings is 1. The molecule has 5 nitrogen and oxygen atoms in total. The predicted octanol–water partition coefficient (Wildman–Crippen LogP) is 3.69. The fraction of sp³-hybridized carbons (Fsp3) is 0.652. The first-order chi connectivity index (χ1) is 13.6. The molecule has 6 heteroatoms. The van der Waals surface area contributed by atoms with E-state index in [0.717, 1.165) is 37.9 Å². The molecule has 0 radical (unpaired) electrons. The smallest absolute Gasteiger partial charge is 0.256 e. The zero-order valence-electron chi connectivity index (χ0n) is 18.1. The summed E-state index contributed by atoms with van der Waals surface area (Å²) in [5.74, 6) is -0.516. The third-order valence-corrected chi connectivity index (χ3v) is 5.91. The highest BCUT2D eigenvalue weighted by Crippen LogP contribution is 2.25. The van der Waals surface area contributed by atoms with E-state index in [1.54, 1.807) is 4.90 Å². The number of hydrogen-bond acceptors (Lipinski definition) is 3. The molecule has 0 aromatic heterocycles. The van der Waals surface area contributed by atoms with E-state index in [2.05, 4.69) is 17.1 Å². The van der Waals surface area contributed by atoms with Crippen molar-refractivity contribution >= 4 is 11.8 Å². The average Bonchev–Trinajstić information content (AvgIpc) is 2.66. The van der Waals surface area contributed by atoms with Crippen LogP contribution in [0.25, 0.3) is 0 Å². The van der Waals surface area contributed by atoms with E-state index in [9.17, 15) is 14.0 Å². The molecular formula is C23H34FN3O2. The molecule has 1 unspecified atom stereocenters. The van der Waals surface area contributed by atoms with Crippen LogP contribution in [0.3, 0.4) is 0 Å². The minimum absolute atomic E-state index is 0.0438. The Bertz CT molecular complexity index is 751. The minimum Gasteiger partial charge on any atom is -0.347 e. The second-order valence-electron chi connectivity index (χ2n) is 9.66. The van der Waals surface area contributed by atoms with E-state index in [0.29, 0.717) is 19.1 Å². The summed E-state index contributed by atoms with van der Waals surface area (Å²) in [5.41, 5.74) is -0.132. The molecule has 0 bridgehead atoms. The largest absolute Gasteiger partial charge is 0.347 e. The van der Waals surface area contributed by atoms with Gasteiger partial charge in [0.15, 0.2) is 0 Å². The highest BCUT2D eigenvalue weighted by atomic mass is 19.1. The molecule has 29 heavy (non-hydrogen) atoms. The first kappa shape index (κ1) is 21.8. The van der Waals surface area contributed by atoms with Crippen LogP contribution in [-0.2, 0) is 0 Å². The van der Waals surface area contributed by atoms with E-state index in [1.165, 1.54) is 25.0 Å². The fourth-order valence-corrected chi connectivity index (χ4v) is 4.40. The van der Waals surface area contributed by atoms with Crippen LogP contribution in [0, 0.1) is 11.7 Å². The third-order valence-electron chi connectivity index (χ3n) is 5.91. The Morgan fingerprint density at radius 2 is 1.79 bits per heavy atom. The topological polar surface area (TPSA) is 52.7 Å². The SMILES string of the molecule is CC1CCCN(C2CCN(C(=O)c3ccc(C(=O)NC(C)(C)C)cc3F)CC2)C1. The zero-order valence-corrected chi connectivity index (χ0v) is 18.1. The molecule has 1 aromatic rings. The van der Waals surface area contributed by atoms with Crippen LogP contribution in [0.4, 0.5) is 4.39 Å². The van der Waals surface area contributed by atoms with E-state index >= 15 is 0 Å². The number of carbonyl (C=O) groups is 2. The molecule has 2 heterocycles. The van der Waals surface area contributed by atoms with Crippen molar-refractivity contribution in [2.45, 2.75) is 65.0 Å². The molecule has 1 atom stereocenters. The monoisotopic (exact) mass is 403 g/mol. The molecule has 1 N–H and O–H groups in total. The van der Waals surface area contributed by atoms with Gasteiger partial charge in [-0.3, -0.25) is 14.5 Å². The highest BCUT2D eigenvalue weighted by molar-refractivity contribution is 5.98. The maximum atomic E-state index is 14.6. The number of hydrogen-bond donors (Lipinski definition) is 1. The first-order valence-electron chi connectivity index (χ1n) is 10.8. The first-order valence-corrected chi connectivity index (χ1v) is 10.8. The predicted molar refractivity (Wildman–Crippen MR) is 113 cm³/mol. The Morgan fingerprint density at radius 3 is 2.38 bits per heavy atom. The van der Waals surface area contributed by atoms with Crippen molar-refractivity contribution in [2.24, 2.45) is 5.92 Å². The van der Waals surface area contributed by atoms with Gasteiger partial charge in [-0.05, 0) is 77.1 Å². The van der Waals surface area contributed by atoms with Crippen molar-refractivity contribution in [3.8, 4) is 0 Å². The van der Waals surface area contributed by atoms with Crippen molar-refractivity contribution < 1.29 is 14.0 Å². The van der Waals surface area contributed by atoms with Crippen molar-refractivity contribution in [3.63, 3.8) is 0 Å². The molecule has 2 amide bonds. The summed E-state index contributed by atoms with van der Waals surface area (Å²) in [4.78, 5) is 29.4. The Labute approximate surface area is 173 Å². The van der Waals surface area contributed by atoms with Gasteiger partial charge in [0.2, 0.25) is 0 Å². The normalized spacial score (nSPS) is 21.8. The van der Waals surface area contributed by atoms with E-state index in [-0.39, 0.29) is 22.9 Å². The lowest BCUT2D eigenvalue weighted by Crippen LogP contribution is -2.49. The van der Waals surface area contributed by atoms with Crippen LogP contribution >= 0.6 is 0 Å². The van der Waals surface area contributed by atoms with Crippen LogP contribution in [-0.4, -0.2) is 59.4 Å². The maximum absolute atomic E-state index is 14.6. The number of carbonyl (C=O) groups excluding carboxylic acids is 2. The summed E-state index contributed by atoms with van der Waals surface area (Å²) in [6.45, 7) is 11.5. The molecule has 3 rings (SSSR count). The Balaban J connectivity index is 1.60. The summed E-state index contributed by atoms with van der Waals surface area (Å²) in [6.07, 6.45) is 4.43. The number of nitrogens with one attached hydrogen (secondary N) is 1. The number of amides is 2. The second-order valence-corrected chi connectivity index (χ2v) is 9.66. The van der Waals surface area contributed by atoms with Gasteiger partial charge in [-0.2, -0.15) is 0 Å². The lowest BCUT2D eigenvalue weighted by atomic mass is 9.95. The number of halogens is 1.